The van der Waals surface area contributed by atoms with Gasteiger partial charge in [-0.3, -0.25) is 0 Å². The Balaban J connectivity index is 1.11. The molecule has 0 amide bonds. The predicted octanol–water partition coefficient (Wildman–Crippen LogP) is 16.3. The molecule has 0 saturated carbocycles. The zero-order valence-electron chi connectivity index (χ0n) is 36.3. The molecule has 0 aliphatic rings. The Hall–Kier alpha value is -7.74. The van der Waals surface area contributed by atoms with Crippen molar-refractivity contribution in [1.29, 1.82) is 0 Å². The highest BCUT2D eigenvalue weighted by atomic mass is 15.1. The Bertz CT molecular complexity index is 3160. The van der Waals surface area contributed by atoms with Gasteiger partial charge in [-0.15, -0.1) is 0 Å². The highest BCUT2D eigenvalue weighted by Gasteiger charge is 2.16. The van der Waals surface area contributed by atoms with E-state index in [0.29, 0.717) is 11.1 Å². The molecule has 0 aromatic heterocycles. The number of rotatable bonds is 9. The molecule has 0 bridgehead atoms. The van der Waals surface area contributed by atoms with E-state index >= 15 is 0 Å². The van der Waals surface area contributed by atoms with Gasteiger partial charge in [0.1, 0.15) is 0 Å². The molecule has 59 heavy (non-hydrogen) atoms. The van der Waals surface area contributed by atoms with E-state index in [1.807, 2.05) is 102 Å². The largest absolute Gasteiger partial charge is 0.310 e. The van der Waals surface area contributed by atoms with Gasteiger partial charge in [-0.25, -0.2) is 0 Å². The van der Waals surface area contributed by atoms with Crippen LogP contribution in [-0.2, 0) is 0 Å². The summed E-state index contributed by atoms with van der Waals surface area (Å²) in [6.45, 7) is 0. The van der Waals surface area contributed by atoms with Crippen LogP contribution in [0, 0.1) is 0 Å². The zero-order chi connectivity index (χ0) is 42.9. The molecule has 10 rings (SSSR count). The highest BCUT2D eigenvalue weighted by Crippen LogP contribution is 2.40. The molecule has 0 spiro atoms. The van der Waals surface area contributed by atoms with Gasteiger partial charge in [0.25, 0.3) is 0 Å². The van der Waals surface area contributed by atoms with Crippen LogP contribution in [0.5, 0.6) is 0 Å². The van der Waals surface area contributed by atoms with Crippen molar-refractivity contribution in [2.24, 2.45) is 0 Å². The standard InChI is InChI=1S/C58H41N/c1-4-14-42(15-5-1)45-26-28-46(29-27-45)47-30-34-54(35-31-47)59(56-23-12-22-50(41-56)58-25-13-21-49-20-10-11-24-57(49)58)55-36-32-48(33-37-55)53-39-51(43-16-6-2-7-17-43)38-52(40-53)44-18-8-3-9-19-44/h1-41H/i12D,22D,23D,41D. The Labute approximate surface area is 352 Å². The topological polar surface area (TPSA) is 3.24 Å². The van der Waals surface area contributed by atoms with E-state index in [1.54, 1.807) is 0 Å². The summed E-state index contributed by atoms with van der Waals surface area (Å²) < 4.78 is 37.6. The summed E-state index contributed by atoms with van der Waals surface area (Å²) in [5.74, 6) is 0. The average molecular weight is 756 g/mol. The van der Waals surface area contributed by atoms with Gasteiger partial charge in [0.15, 0.2) is 0 Å². The fourth-order valence-corrected chi connectivity index (χ4v) is 7.91. The normalized spacial score (nSPS) is 12.0. The lowest BCUT2D eigenvalue weighted by Gasteiger charge is -2.26. The number of nitrogens with zero attached hydrogens (tertiary/aromatic N) is 1. The summed E-state index contributed by atoms with van der Waals surface area (Å²) in [4.78, 5) is 1.90. The van der Waals surface area contributed by atoms with Crippen LogP contribution in [0.15, 0.2) is 249 Å². The van der Waals surface area contributed by atoms with Crippen molar-refractivity contribution < 1.29 is 5.48 Å². The molecular weight excluding hydrogens is 711 g/mol. The molecule has 0 aliphatic carbocycles. The fraction of sp³-hybridized carbons (Fsp3) is 0. The van der Waals surface area contributed by atoms with Gasteiger partial charge in [0.2, 0.25) is 0 Å². The molecule has 1 nitrogen and oxygen atoms in total. The summed E-state index contributed by atoms with van der Waals surface area (Å²) >= 11 is 0. The summed E-state index contributed by atoms with van der Waals surface area (Å²) in [5.41, 5.74) is 13.7. The Morgan fingerprint density at radius 1 is 0.288 bits per heavy atom. The highest BCUT2D eigenvalue weighted by molar-refractivity contribution is 5.97. The number of hydrogen-bond donors (Lipinski definition) is 0. The molecule has 0 N–H and O–H groups in total. The minimum Gasteiger partial charge on any atom is -0.310 e. The first-order valence-electron chi connectivity index (χ1n) is 21.9. The van der Waals surface area contributed by atoms with Gasteiger partial charge in [-0.05, 0) is 132 Å². The second kappa shape index (κ2) is 16.0. The van der Waals surface area contributed by atoms with Gasteiger partial charge in [-0.2, -0.15) is 0 Å². The van der Waals surface area contributed by atoms with Crippen LogP contribution in [0.4, 0.5) is 17.1 Å². The monoisotopic (exact) mass is 755 g/mol. The lowest BCUT2D eigenvalue weighted by Crippen LogP contribution is -2.10. The van der Waals surface area contributed by atoms with Crippen molar-refractivity contribution in [2.45, 2.75) is 0 Å². The average Bonchev–Trinajstić information content (AvgIpc) is 3.35. The van der Waals surface area contributed by atoms with Gasteiger partial charge >= 0.3 is 0 Å². The zero-order valence-corrected chi connectivity index (χ0v) is 32.3. The first kappa shape index (κ1) is 31.4. The molecule has 0 heterocycles. The third-order valence-corrected chi connectivity index (χ3v) is 11.0. The van der Waals surface area contributed by atoms with Crippen molar-refractivity contribution in [2.75, 3.05) is 4.90 Å². The number of fused-ring (bicyclic) bond motifs is 1. The molecule has 1 heteroatoms. The molecule has 0 aliphatic heterocycles. The SMILES string of the molecule is [2H]c1c([2H])c(-c2cccc3ccccc23)c([2H])c(N(c2ccc(-c3ccc(-c4ccccc4)cc3)cc2)c2ccc(-c3cc(-c4ccccc4)cc(-c4ccccc4)c3)cc2)c1[2H]. The molecular formula is C58H41N. The van der Waals surface area contributed by atoms with Crippen molar-refractivity contribution >= 4 is 27.8 Å². The second-order valence-corrected chi connectivity index (χ2v) is 14.7. The molecule has 0 fully saturated rings. The van der Waals surface area contributed by atoms with Crippen molar-refractivity contribution in [3.63, 3.8) is 0 Å². The van der Waals surface area contributed by atoms with Gasteiger partial charge < -0.3 is 4.90 Å². The third kappa shape index (κ3) is 7.46. The van der Waals surface area contributed by atoms with Crippen molar-refractivity contribution in [3.05, 3.63) is 249 Å². The van der Waals surface area contributed by atoms with Crippen LogP contribution in [0.2, 0.25) is 0 Å². The quantitative estimate of drug-likeness (QED) is 0.142. The Morgan fingerprint density at radius 3 is 1.19 bits per heavy atom. The van der Waals surface area contributed by atoms with Crippen molar-refractivity contribution in [3.8, 4) is 66.8 Å². The minimum absolute atomic E-state index is 0.0186. The fourth-order valence-electron chi connectivity index (χ4n) is 7.91. The van der Waals surface area contributed by atoms with Gasteiger partial charge in [0.05, 0.1) is 5.48 Å². The summed E-state index contributed by atoms with van der Waals surface area (Å²) in [5, 5.41) is 1.86. The number of hydrogen-bond acceptors (Lipinski definition) is 1. The van der Waals surface area contributed by atoms with E-state index in [0.717, 1.165) is 77.8 Å². The van der Waals surface area contributed by atoms with E-state index in [2.05, 4.69) is 127 Å². The molecule has 10 aromatic rings. The van der Waals surface area contributed by atoms with Crippen LogP contribution >= 0.6 is 0 Å². The second-order valence-electron chi connectivity index (χ2n) is 14.7. The van der Waals surface area contributed by atoms with E-state index < -0.39 is 0 Å². The van der Waals surface area contributed by atoms with Crippen molar-refractivity contribution in [1.82, 2.24) is 0 Å². The summed E-state index contributed by atoms with van der Waals surface area (Å²) in [7, 11) is 0. The molecule has 0 unspecified atom stereocenters. The minimum atomic E-state index is -0.230. The molecule has 10 aromatic carbocycles. The lowest BCUT2D eigenvalue weighted by molar-refractivity contribution is 1.28. The van der Waals surface area contributed by atoms with Crippen LogP contribution in [0.1, 0.15) is 5.48 Å². The smallest absolute Gasteiger partial charge is 0.0651 e. The number of benzene rings is 10. The van der Waals surface area contributed by atoms with E-state index in [1.165, 1.54) is 0 Å². The van der Waals surface area contributed by atoms with Crippen LogP contribution < -0.4 is 4.90 Å². The molecule has 278 valence electrons. The summed E-state index contributed by atoms with van der Waals surface area (Å²) in [6, 6.07) is 76.0. The lowest BCUT2D eigenvalue weighted by atomic mass is 9.93. The predicted molar refractivity (Wildman–Crippen MR) is 251 cm³/mol. The molecule has 0 atom stereocenters. The van der Waals surface area contributed by atoms with E-state index in [9.17, 15) is 2.74 Å². The Morgan fingerprint density at radius 2 is 0.678 bits per heavy atom. The molecule has 0 saturated heterocycles. The first-order chi connectivity index (χ1) is 30.9. The van der Waals surface area contributed by atoms with E-state index in [-0.39, 0.29) is 29.9 Å². The van der Waals surface area contributed by atoms with Gasteiger partial charge in [0, 0.05) is 17.1 Å². The maximum absolute atomic E-state index is 9.86. The maximum atomic E-state index is 9.86. The maximum Gasteiger partial charge on any atom is 0.0651 e. The summed E-state index contributed by atoms with van der Waals surface area (Å²) in [6.07, 6.45) is 0. The van der Waals surface area contributed by atoms with Gasteiger partial charge in [-0.1, -0.05) is 194 Å². The van der Waals surface area contributed by atoms with Crippen LogP contribution in [0.25, 0.3) is 77.5 Å². The Kier molecular flexibility index (Phi) is 8.51. The van der Waals surface area contributed by atoms with Crippen LogP contribution in [-0.4, -0.2) is 0 Å². The third-order valence-electron chi connectivity index (χ3n) is 11.0. The molecule has 0 radical (unpaired) electrons. The van der Waals surface area contributed by atoms with E-state index in [4.69, 9.17) is 2.74 Å². The van der Waals surface area contributed by atoms with Crippen LogP contribution in [0.3, 0.4) is 0 Å². The first-order valence-corrected chi connectivity index (χ1v) is 19.9. The number of anilines is 3.